The van der Waals surface area contributed by atoms with Crippen molar-refractivity contribution in [2.75, 3.05) is 23.9 Å². The van der Waals surface area contributed by atoms with Gasteiger partial charge in [-0.3, -0.25) is 0 Å². The zero-order valence-electron chi connectivity index (χ0n) is 9.60. The molecule has 1 aliphatic rings. The van der Waals surface area contributed by atoms with E-state index in [0.29, 0.717) is 12.2 Å². The van der Waals surface area contributed by atoms with E-state index in [0.717, 1.165) is 17.2 Å². The van der Waals surface area contributed by atoms with Crippen molar-refractivity contribution in [3.63, 3.8) is 0 Å². The topological polar surface area (TPSA) is 58.6 Å². The number of nitrogens with one attached hydrogen (secondary N) is 1. The maximum atomic E-state index is 11.4. The van der Waals surface area contributed by atoms with E-state index in [9.17, 15) is 9.90 Å². The molecular weight excluding hydrogens is 238 g/mol. The fourth-order valence-electron chi connectivity index (χ4n) is 1.86. The maximum Gasteiger partial charge on any atom is 0.330 e. The van der Waals surface area contributed by atoms with Gasteiger partial charge in [-0.25, -0.2) is 4.79 Å². The molecule has 1 aromatic carbocycles. The van der Waals surface area contributed by atoms with Crippen LogP contribution in [0.2, 0.25) is 0 Å². The zero-order valence-corrected chi connectivity index (χ0v) is 10.4. The van der Waals surface area contributed by atoms with Crippen LogP contribution in [-0.4, -0.2) is 35.2 Å². The Bertz CT molecular complexity index is 416. The lowest BCUT2D eigenvalue weighted by Crippen LogP contribution is -2.46. The first-order chi connectivity index (χ1) is 8.16. The van der Waals surface area contributed by atoms with E-state index in [2.05, 4.69) is 5.32 Å². The highest BCUT2D eigenvalue weighted by Gasteiger charge is 2.41. The third-order valence-corrected chi connectivity index (χ3v) is 4.07. The molecule has 92 valence electrons. The zero-order chi connectivity index (χ0) is 12.3. The number of rotatable bonds is 4. The van der Waals surface area contributed by atoms with Crippen molar-refractivity contribution in [2.45, 2.75) is 12.0 Å². The molecule has 1 aromatic rings. The molecule has 0 amide bonds. The van der Waals surface area contributed by atoms with E-state index in [1.54, 1.807) is 18.9 Å². The summed E-state index contributed by atoms with van der Waals surface area (Å²) in [5.41, 5.74) is -0.0499. The number of thioether (sulfide) groups is 1. The van der Waals surface area contributed by atoms with Crippen molar-refractivity contribution in [1.82, 2.24) is 0 Å². The number of anilines is 1. The molecule has 0 saturated carbocycles. The lowest BCUT2D eigenvalue weighted by molar-refractivity contribution is -0.141. The smallest absolute Gasteiger partial charge is 0.330 e. The van der Waals surface area contributed by atoms with Crippen molar-refractivity contribution in [2.24, 2.45) is 0 Å². The molecule has 0 radical (unpaired) electrons. The van der Waals surface area contributed by atoms with E-state index in [1.807, 2.05) is 24.3 Å². The molecule has 5 heteroatoms. The number of carboxylic acids is 1. The second-order valence-corrected chi connectivity index (χ2v) is 5.15. The van der Waals surface area contributed by atoms with Crippen LogP contribution in [-0.2, 0) is 4.79 Å². The molecular formula is C12H15NO3S. The van der Waals surface area contributed by atoms with Gasteiger partial charge in [0.2, 0.25) is 0 Å². The predicted octanol–water partition coefficient (Wildman–Crippen LogP) is 2.07. The minimum absolute atomic E-state index is 0.597. The summed E-state index contributed by atoms with van der Waals surface area (Å²) in [7, 11) is 1.59. The molecule has 0 bridgehead atoms. The van der Waals surface area contributed by atoms with Crippen molar-refractivity contribution in [3.05, 3.63) is 24.3 Å². The highest BCUT2D eigenvalue weighted by atomic mass is 32.2. The molecule has 1 unspecified atom stereocenters. The third-order valence-electron chi connectivity index (χ3n) is 2.88. The van der Waals surface area contributed by atoms with Gasteiger partial charge in [0.25, 0.3) is 0 Å². The standard InChI is InChI=1S/C12H15NO3S/c1-16-10-4-2-3-9(7-10)13-12(11(14)15)5-6-17-8-12/h2-4,7,13H,5-6,8H2,1H3,(H,14,15). The average Bonchev–Trinajstić information content (AvgIpc) is 2.79. The lowest BCUT2D eigenvalue weighted by Gasteiger charge is -2.26. The molecule has 1 aliphatic heterocycles. The maximum absolute atomic E-state index is 11.4. The quantitative estimate of drug-likeness (QED) is 0.860. The summed E-state index contributed by atoms with van der Waals surface area (Å²) < 4.78 is 5.12. The first-order valence-electron chi connectivity index (χ1n) is 5.40. The Morgan fingerprint density at radius 1 is 1.59 bits per heavy atom. The number of carboxylic acid groups (broad SMARTS) is 1. The van der Waals surface area contributed by atoms with Crippen LogP contribution in [0, 0.1) is 0 Å². The van der Waals surface area contributed by atoms with E-state index < -0.39 is 11.5 Å². The Balaban J connectivity index is 2.20. The molecule has 0 spiro atoms. The summed E-state index contributed by atoms with van der Waals surface area (Å²) in [5, 5.41) is 12.5. The summed E-state index contributed by atoms with van der Waals surface area (Å²) in [5.74, 6) is 1.41. The van der Waals surface area contributed by atoms with Gasteiger partial charge in [0.05, 0.1) is 7.11 Å². The number of ether oxygens (including phenoxy) is 1. The first-order valence-corrected chi connectivity index (χ1v) is 6.55. The van der Waals surface area contributed by atoms with Gasteiger partial charge in [-0.2, -0.15) is 11.8 Å². The molecule has 0 aromatic heterocycles. The fraction of sp³-hybridized carbons (Fsp3) is 0.417. The molecule has 17 heavy (non-hydrogen) atoms. The van der Waals surface area contributed by atoms with Crippen LogP contribution in [0.15, 0.2) is 24.3 Å². The molecule has 1 saturated heterocycles. The Morgan fingerprint density at radius 2 is 2.41 bits per heavy atom. The predicted molar refractivity (Wildman–Crippen MR) is 68.9 cm³/mol. The van der Waals surface area contributed by atoms with Gasteiger partial charge in [-0.15, -0.1) is 0 Å². The fourth-order valence-corrected chi connectivity index (χ4v) is 3.19. The third kappa shape index (κ3) is 2.49. The van der Waals surface area contributed by atoms with Crippen LogP contribution >= 0.6 is 11.8 Å². The average molecular weight is 253 g/mol. The summed E-state index contributed by atoms with van der Waals surface area (Å²) in [4.78, 5) is 11.4. The minimum Gasteiger partial charge on any atom is -0.497 e. The van der Waals surface area contributed by atoms with Crippen LogP contribution in [0.5, 0.6) is 5.75 Å². The van der Waals surface area contributed by atoms with Crippen molar-refractivity contribution in [3.8, 4) is 5.75 Å². The molecule has 1 heterocycles. The van der Waals surface area contributed by atoms with Gasteiger partial charge >= 0.3 is 5.97 Å². The largest absolute Gasteiger partial charge is 0.497 e. The highest BCUT2D eigenvalue weighted by Crippen LogP contribution is 2.32. The van der Waals surface area contributed by atoms with Crippen LogP contribution in [0.4, 0.5) is 5.69 Å². The van der Waals surface area contributed by atoms with Gasteiger partial charge in [0.1, 0.15) is 11.3 Å². The van der Waals surface area contributed by atoms with Crippen molar-refractivity contribution >= 4 is 23.4 Å². The van der Waals surface area contributed by atoms with Gasteiger partial charge in [-0.1, -0.05) is 6.07 Å². The van der Waals surface area contributed by atoms with Crippen LogP contribution in [0.1, 0.15) is 6.42 Å². The summed E-state index contributed by atoms with van der Waals surface area (Å²) in [6.07, 6.45) is 0.643. The molecule has 0 aliphatic carbocycles. The SMILES string of the molecule is COc1cccc(NC2(C(=O)O)CCSC2)c1. The second-order valence-electron chi connectivity index (χ2n) is 4.05. The Kier molecular flexibility index (Phi) is 3.47. The van der Waals surface area contributed by atoms with Gasteiger partial charge in [-0.05, 0) is 24.3 Å². The van der Waals surface area contributed by atoms with Crippen LogP contribution < -0.4 is 10.1 Å². The number of aliphatic carboxylic acids is 1. The normalized spacial score (nSPS) is 23.4. The molecule has 2 N–H and O–H groups in total. The van der Waals surface area contributed by atoms with E-state index >= 15 is 0 Å². The molecule has 1 fully saturated rings. The number of benzene rings is 1. The lowest BCUT2D eigenvalue weighted by atomic mass is 9.99. The van der Waals surface area contributed by atoms with Gasteiger partial charge in [0, 0.05) is 17.5 Å². The van der Waals surface area contributed by atoms with Crippen LogP contribution in [0.25, 0.3) is 0 Å². The van der Waals surface area contributed by atoms with Gasteiger partial charge in [0.15, 0.2) is 0 Å². The number of methoxy groups -OCH3 is 1. The second kappa shape index (κ2) is 4.87. The number of hydrogen-bond donors (Lipinski definition) is 2. The van der Waals surface area contributed by atoms with E-state index in [4.69, 9.17) is 4.74 Å². The van der Waals surface area contributed by atoms with E-state index in [1.165, 1.54) is 0 Å². The monoisotopic (exact) mass is 253 g/mol. The molecule has 4 nitrogen and oxygen atoms in total. The van der Waals surface area contributed by atoms with E-state index in [-0.39, 0.29) is 0 Å². The summed E-state index contributed by atoms with van der Waals surface area (Å²) in [6, 6.07) is 7.35. The highest BCUT2D eigenvalue weighted by molar-refractivity contribution is 7.99. The van der Waals surface area contributed by atoms with Crippen molar-refractivity contribution < 1.29 is 14.6 Å². The van der Waals surface area contributed by atoms with Crippen molar-refractivity contribution in [1.29, 1.82) is 0 Å². The first kappa shape index (κ1) is 12.1. The summed E-state index contributed by atoms with van der Waals surface area (Å²) >= 11 is 1.66. The Morgan fingerprint density at radius 3 is 3.00 bits per heavy atom. The van der Waals surface area contributed by atoms with Crippen LogP contribution in [0.3, 0.4) is 0 Å². The number of carbonyl (C=O) groups is 1. The molecule has 2 rings (SSSR count). The summed E-state index contributed by atoms with van der Waals surface area (Å²) in [6.45, 7) is 0. The Hall–Kier alpha value is -1.36. The molecule has 1 atom stereocenters. The Labute approximate surface area is 104 Å². The minimum atomic E-state index is -0.836. The number of hydrogen-bond acceptors (Lipinski definition) is 4. The van der Waals surface area contributed by atoms with Gasteiger partial charge < -0.3 is 15.2 Å².